The summed E-state index contributed by atoms with van der Waals surface area (Å²) in [5.41, 5.74) is 1.54. The highest BCUT2D eigenvalue weighted by Crippen LogP contribution is 2.43. The summed E-state index contributed by atoms with van der Waals surface area (Å²) < 4.78 is 4.97. The summed E-state index contributed by atoms with van der Waals surface area (Å²) in [4.78, 5) is 12.4. The molecule has 0 heterocycles. The zero-order chi connectivity index (χ0) is 24.5. The zero-order valence-corrected chi connectivity index (χ0v) is 20.7. The molecule has 0 atom stereocenters. The van der Waals surface area contributed by atoms with Crippen molar-refractivity contribution in [3.63, 3.8) is 0 Å². The number of methoxy groups -OCH3 is 1. The van der Waals surface area contributed by atoms with Gasteiger partial charge >= 0.3 is 5.97 Å². The Hall–Kier alpha value is -4.01. The van der Waals surface area contributed by atoms with E-state index in [1.807, 2.05) is 55.5 Å². The standard InChI is InChI=1S/C30H27N2O2P/c1-24(31-32-29(30(33)34-2)25-15-7-3-8-16-25)23-35(26-17-9-4-10-18-26,27-19-11-5-12-20-27)28-21-13-6-14-22-28/h3-23H,1-2H3/b31-24+,32-29-. The first-order valence-electron chi connectivity index (χ1n) is 11.3. The van der Waals surface area contributed by atoms with E-state index in [-0.39, 0.29) is 5.71 Å². The van der Waals surface area contributed by atoms with Crippen molar-refractivity contribution < 1.29 is 9.53 Å². The van der Waals surface area contributed by atoms with Crippen molar-refractivity contribution in [2.45, 2.75) is 6.92 Å². The van der Waals surface area contributed by atoms with Gasteiger partial charge in [0.05, 0.1) is 12.8 Å². The van der Waals surface area contributed by atoms with Crippen LogP contribution in [0.2, 0.25) is 0 Å². The van der Waals surface area contributed by atoms with Crippen LogP contribution in [0.3, 0.4) is 0 Å². The predicted molar refractivity (Wildman–Crippen MR) is 149 cm³/mol. The molecule has 4 aromatic rings. The van der Waals surface area contributed by atoms with E-state index in [2.05, 4.69) is 88.8 Å². The van der Waals surface area contributed by atoms with Crippen molar-refractivity contribution in [1.82, 2.24) is 0 Å². The first-order chi connectivity index (χ1) is 17.1. The van der Waals surface area contributed by atoms with Gasteiger partial charge < -0.3 is 4.74 Å². The molecule has 174 valence electrons. The lowest BCUT2D eigenvalue weighted by Gasteiger charge is -2.28. The second-order valence-corrected chi connectivity index (χ2v) is 11.2. The fraction of sp³-hybridized carbons (Fsp3) is 0.0667. The number of nitrogens with zero attached hydrogens (tertiary/aromatic N) is 2. The number of ether oxygens (including phenoxy) is 1. The van der Waals surface area contributed by atoms with Gasteiger partial charge in [0.15, 0.2) is 5.71 Å². The van der Waals surface area contributed by atoms with Crippen LogP contribution in [0.15, 0.2) is 132 Å². The zero-order valence-electron chi connectivity index (χ0n) is 19.8. The Morgan fingerprint density at radius 3 is 1.46 bits per heavy atom. The molecule has 0 aliphatic rings. The molecule has 5 heteroatoms. The van der Waals surface area contributed by atoms with Crippen molar-refractivity contribution in [1.29, 1.82) is 0 Å². The third kappa shape index (κ3) is 5.40. The van der Waals surface area contributed by atoms with Gasteiger partial charge in [-0.1, -0.05) is 121 Å². The Morgan fingerprint density at radius 1 is 0.657 bits per heavy atom. The molecule has 4 rings (SSSR count). The van der Waals surface area contributed by atoms with Crippen molar-refractivity contribution in [2.24, 2.45) is 10.2 Å². The van der Waals surface area contributed by atoms with Gasteiger partial charge in [0, 0.05) is 5.56 Å². The van der Waals surface area contributed by atoms with Gasteiger partial charge in [-0.2, -0.15) is 5.10 Å². The number of carbonyl (C=O) groups is 1. The van der Waals surface area contributed by atoms with Crippen LogP contribution in [0.1, 0.15) is 12.5 Å². The first kappa shape index (κ1) is 24.1. The lowest BCUT2D eigenvalue weighted by molar-refractivity contribution is -0.132. The van der Waals surface area contributed by atoms with Crippen molar-refractivity contribution in [3.8, 4) is 0 Å². The van der Waals surface area contributed by atoms with Crippen LogP contribution >= 0.6 is 6.89 Å². The third-order valence-corrected chi connectivity index (χ3v) is 9.70. The van der Waals surface area contributed by atoms with Crippen molar-refractivity contribution in [3.05, 3.63) is 127 Å². The molecular weight excluding hydrogens is 451 g/mol. The van der Waals surface area contributed by atoms with Crippen molar-refractivity contribution >= 4 is 46.0 Å². The molecule has 0 saturated heterocycles. The molecule has 4 aromatic carbocycles. The molecule has 0 amide bonds. The van der Waals surface area contributed by atoms with Crippen LogP contribution in [0, 0.1) is 0 Å². The van der Waals surface area contributed by atoms with Crippen LogP contribution in [-0.2, 0) is 9.53 Å². The predicted octanol–water partition coefficient (Wildman–Crippen LogP) is 4.82. The minimum Gasteiger partial charge on any atom is -0.464 e. The lowest BCUT2D eigenvalue weighted by atomic mass is 10.1. The highest BCUT2D eigenvalue weighted by Gasteiger charge is 2.25. The van der Waals surface area contributed by atoms with Crippen LogP contribution in [0.25, 0.3) is 0 Å². The smallest absolute Gasteiger partial charge is 0.359 e. The maximum absolute atomic E-state index is 12.4. The molecule has 0 spiro atoms. The van der Waals surface area contributed by atoms with Crippen LogP contribution < -0.4 is 15.9 Å². The van der Waals surface area contributed by atoms with Gasteiger partial charge in [-0.3, -0.25) is 0 Å². The van der Waals surface area contributed by atoms with Gasteiger partial charge in [0.2, 0.25) is 0 Å². The molecule has 0 radical (unpaired) electrons. The van der Waals surface area contributed by atoms with Gasteiger partial charge in [-0.05, 0) is 35.5 Å². The van der Waals surface area contributed by atoms with Gasteiger partial charge in [-0.15, -0.1) is 5.10 Å². The summed E-state index contributed by atoms with van der Waals surface area (Å²) in [7, 11) is 1.35. The number of esters is 1. The van der Waals surface area contributed by atoms with E-state index < -0.39 is 12.9 Å². The largest absolute Gasteiger partial charge is 0.464 e. The molecule has 35 heavy (non-hydrogen) atoms. The molecule has 0 aromatic heterocycles. The van der Waals surface area contributed by atoms with E-state index in [0.29, 0.717) is 11.3 Å². The quantitative estimate of drug-likeness (QED) is 0.166. The summed E-state index contributed by atoms with van der Waals surface area (Å²) >= 11 is 0. The fourth-order valence-electron chi connectivity index (χ4n) is 4.00. The number of rotatable bonds is 7. The lowest BCUT2D eigenvalue weighted by Crippen LogP contribution is -2.28. The Kier molecular flexibility index (Phi) is 7.87. The van der Waals surface area contributed by atoms with Gasteiger partial charge in [-0.25, -0.2) is 4.79 Å². The van der Waals surface area contributed by atoms with E-state index in [4.69, 9.17) is 4.74 Å². The Bertz CT molecular complexity index is 1280. The Morgan fingerprint density at radius 2 is 1.06 bits per heavy atom. The molecule has 0 saturated carbocycles. The summed E-state index contributed by atoms with van der Waals surface area (Å²) in [6.07, 6.45) is 0. The topological polar surface area (TPSA) is 51.0 Å². The maximum Gasteiger partial charge on any atom is 0.359 e. The number of hydrogen-bond acceptors (Lipinski definition) is 4. The second-order valence-electron chi connectivity index (χ2n) is 7.91. The SMILES string of the molecule is COC(=O)/C(=N\N=C(/C)C=P(c1ccccc1)(c1ccccc1)c1ccccc1)c1ccccc1. The number of benzene rings is 4. The highest BCUT2D eigenvalue weighted by atomic mass is 31.2. The summed E-state index contributed by atoms with van der Waals surface area (Å²) in [5, 5.41) is 12.5. The second kappa shape index (κ2) is 11.4. The van der Waals surface area contributed by atoms with Crippen LogP contribution in [0.5, 0.6) is 0 Å². The monoisotopic (exact) mass is 478 g/mol. The van der Waals surface area contributed by atoms with E-state index in [1.54, 1.807) is 0 Å². The minimum absolute atomic E-state index is 0.170. The highest BCUT2D eigenvalue weighted by molar-refractivity contribution is 7.95. The molecular formula is C30H27N2O2P. The number of hydrogen-bond donors (Lipinski definition) is 0. The summed E-state index contributed by atoms with van der Waals surface area (Å²) in [6, 6.07) is 40.8. The molecule has 0 unspecified atom stereocenters. The van der Waals surface area contributed by atoms with E-state index in [0.717, 1.165) is 0 Å². The van der Waals surface area contributed by atoms with Crippen LogP contribution in [0.4, 0.5) is 0 Å². The average molecular weight is 479 g/mol. The normalized spacial score (nSPS) is 12.2. The van der Waals surface area contributed by atoms with Gasteiger partial charge in [0.1, 0.15) is 0 Å². The molecule has 4 nitrogen and oxygen atoms in total. The average Bonchev–Trinajstić information content (AvgIpc) is 2.93. The van der Waals surface area contributed by atoms with Gasteiger partial charge in [0.25, 0.3) is 0 Å². The van der Waals surface area contributed by atoms with E-state index in [9.17, 15) is 4.79 Å². The minimum atomic E-state index is -2.21. The number of carbonyl (C=O) groups excluding carboxylic acids is 1. The molecule has 0 aliphatic carbocycles. The van der Waals surface area contributed by atoms with Crippen molar-refractivity contribution in [2.75, 3.05) is 7.11 Å². The molecule has 0 bridgehead atoms. The summed E-state index contributed by atoms with van der Waals surface area (Å²) in [5.74, 6) is 1.69. The summed E-state index contributed by atoms with van der Waals surface area (Å²) in [6.45, 7) is -0.290. The molecule has 0 aliphatic heterocycles. The Labute approximate surface area is 206 Å². The van der Waals surface area contributed by atoms with Crippen LogP contribution in [-0.4, -0.2) is 30.3 Å². The third-order valence-electron chi connectivity index (χ3n) is 5.60. The van der Waals surface area contributed by atoms with E-state index in [1.165, 1.54) is 23.0 Å². The van der Waals surface area contributed by atoms with E-state index >= 15 is 0 Å². The molecule has 0 fully saturated rings. The Balaban J connectivity index is 1.97. The maximum atomic E-state index is 12.4. The first-order valence-corrected chi connectivity index (χ1v) is 13.2. The molecule has 0 N–H and O–H groups in total. The fourth-order valence-corrected chi connectivity index (χ4v) is 7.89.